The first kappa shape index (κ1) is 28.5. The van der Waals surface area contributed by atoms with Crippen molar-refractivity contribution in [2.75, 3.05) is 19.0 Å². The highest BCUT2D eigenvalue weighted by molar-refractivity contribution is 6.32. The molecule has 41 heavy (non-hydrogen) atoms. The van der Waals surface area contributed by atoms with Gasteiger partial charge in [0.25, 0.3) is 5.56 Å². The number of anilines is 1. The van der Waals surface area contributed by atoms with Gasteiger partial charge in [-0.1, -0.05) is 11.6 Å². The number of rotatable bonds is 9. The summed E-state index contributed by atoms with van der Waals surface area (Å²) in [5.41, 5.74) is 1.19. The summed E-state index contributed by atoms with van der Waals surface area (Å²) in [4.78, 5) is 35.3. The summed E-state index contributed by atoms with van der Waals surface area (Å²) in [7, 11) is 1.39. The van der Waals surface area contributed by atoms with E-state index in [4.69, 9.17) is 16.3 Å². The van der Waals surface area contributed by atoms with E-state index in [9.17, 15) is 24.2 Å². The Balaban J connectivity index is 1.38. The van der Waals surface area contributed by atoms with E-state index in [0.717, 1.165) is 6.42 Å². The molecule has 1 fully saturated rings. The third kappa shape index (κ3) is 6.04. The van der Waals surface area contributed by atoms with E-state index in [1.54, 1.807) is 29.8 Å². The maximum absolute atomic E-state index is 14.0. The van der Waals surface area contributed by atoms with Crippen LogP contribution in [-0.2, 0) is 4.79 Å². The number of aliphatic hydroxyl groups excluding tert-OH is 2. The van der Waals surface area contributed by atoms with Crippen LogP contribution in [0.25, 0.3) is 16.8 Å². The van der Waals surface area contributed by atoms with E-state index >= 15 is 0 Å². The van der Waals surface area contributed by atoms with E-state index in [0.29, 0.717) is 46.2 Å². The van der Waals surface area contributed by atoms with Gasteiger partial charge in [0.1, 0.15) is 23.1 Å². The standard InChI is InChI=1S/C28H30ClFN6O5/c1-15(26(39)33-23(14-37)16-7-18(30)10-21(8-16)41-2)36-6-5-35-13-17(9-24(35)27(36)40)25-22(29)12-31-28(34-25)32-19-3-4-20(38)11-19/h5-10,12-13,15,19-20,23,37-38H,3-4,11,14H2,1-2H3,(H,33,39)(H,31,32,34)/t15-,19+,20-,23-/m1/s1. The second-order valence-electron chi connectivity index (χ2n) is 10.1. The van der Waals surface area contributed by atoms with Crippen molar-refractivity contribution in [3.8, 4) is 17.0 Å². The fourth-order valence-corrected chi connectivity index (χ4v) is 5.22. The lowest BCUT2D eigenvalue weighted by Crippen LogP contribution is -2.39. The molecule has 1 aliphatic rings. The minimum Gasteiger partial charge on any atom is -0.497 e. The van der Waals surface area contributed by atoms with Crippen LogP contribution in [0.1, 0.15) is 43.8 Å². The fourth-order valence-electron chi connectivity index (χ4n) is 5.02. The first-order valence-electron chi connectivity index (χ1n) is 13.1. The molecule has 0 bridgehead atoms. The predicted molar refractivity (Wildman–Crippen MR) is 151 cm³/mol. The molecule has 1 aromatic carbocycles. The average molecular weight is 585 g/mol. The van der Waals surface area contributed by atoms with Crippen molar-refractivity contribution in [1.82, 2.24) is 24.3 Å². The molecule has 4 atom stereocenters. The van der Waals surface area contributed by atoms with E-state index in [1.807, 2.05) is 0 Å². The normalized spacial score (nSPS) is 18.3. The molecule has 13 heteroatoms. The van der Waals surface area contributed by atoms with Crippen LogP contribution in [0.4, 0.5) is 10.3 Å². The molecule has 1 aliphatic carbocycles. The molecule has 0 unspecified atom stereocenters. The number of nitrogens with zero attached hydrogens (tertiary/aromatic N) is 4. The van der Waals surface area contributed by atoms with Crippen LogP contribution < -0.4 is 20.9 Å². The fraction of sp³-hybridized carbons (Fsp3) is 0.357. The summed E-state index contributed by atoms with van der Waals surface area (Å²) < 4.78 is 22.0. The maximum atomic E-state index is 14.0. The molecule has 3 aromatic heterocycles. The number of carbonyl (C=O) groups is 1. The van der Waals surface area contributed by atoms with Gasteiger partial charge in [-0.15, -0.1) is 0 Å². The molecule has 0 saturated heterocycles. The van der Waals surface area contributed by atoms with Crippen LogP contribution in [0, 0.1) is 5.82 Å². The number of benzene rings is 1. The Labute approximate surface area is 239 Å². The number of hydrogen-bond acceptors (Lipinski definition) is 8. The Morgan fingerprint density at radius 1 is 1.27 bits per heavy atom. The molecule has 3 heterocycles. The zero-order valence-electron chi connectivity index (χ0n) is 22.4. The van der Waals surface area contributed by atoms with Crippen LogP contribution in [0.15, 0.2) is 53.8 Å². The Hall–Kier alpha value is -4.00. The van der Waals surface area contributed by atoms with Gasteiger partial charge in [-0.2, -0.15) is 0 Å². The van der Waals surface area contributed by atoms with Crippen LogP contribution in [0.3, 0.4) is 0 Å². The molecule has 0 aliphatic heterocycles. The smallest absolute Gasteiger partial charge is 0.275 e. The highest BCUT2D eigenvalue weighted by Crippen LogP contribution is 2.29. The molecule has 1 saturated carbocycles. The molecule has 11 nitrogen and oxygen atoms in total. The summed E-state index contributed by atoms with van der Waals surface area (Å²) in [6.45, 7) is 1.07. The molecule has 0 radical (unpaired) electrons. The number of carbonyl (C=O) groups excluding carboxylic acids is 1. The third-order valence-corrected chi connectivity index (χ3v) is 7.55. The lowest BCUT2D eigenvalue weighted by atomic mass is 10.1. The van der Waals surface area contributed by atoms with Gasteiger partial charge in [0.2, 0.25) is 11.9 Å². The van der Waals surface area contributed by atoms with Crippen molar-refractivity contribution in [3.63, 3.8) is 0 Å². The van der Waals surface area contributed by atoms with Gasteiger partial charge in [0.05, 0.1) is 42.8 Å². The minimum atomic E-state index is -0.949. The number of fused-ring (bicyclic) bond motifs is 1. The van der Waals surface area contributed by atoms with Gasteiger partial charge >= 0.3 is 0 Å². The number of methoxy groups -OCH3 is 1. The Bertz CT molecular complexity index is 1640. The molecule has 4 aromatic rings. The second-order valence-corrected chi connectivity index (χ2v) is 10.5. The Morgan fingerprint density at radius 2 is 2.07 bits per heavy atom. The van der Waals surface area contributed by atoms with Crippen molar-refractivity contribution in [3.05, 3.63) is 75.8 Å². The largest absolute Gasteiger partial charge is 0.497 e. The van der Waals surface area contributed by atoms with Gasteiger partial charge in [0.15, 0.2) is 0 Å². The van der Waals surface area contributed by atoms with Crippen molar-refractivity contribution in [1.29, 1.82) is 0 Å². The molecule has 4 N–H and O–H groups in total. The topological polar surface area (TPSA) is 143 Å². The van der Waals surface area contributed by atoms with Gasteiger partial charge < -0.3 is 34.6 Å². The first-order valence-corrected chi connectivity index (χ1v) is 13.5. The summed E-state index contributed by atoms with van der Waals surface area (Å²) in [5, 5.41) is 25.9. The predicted octanol–water partition coefficient (Wildman–Crippen LogP) is 3.10. The van der Waals surface area contributed by atoms with Crippen LogP contribution in [-0.4, -0.2) is 60.9 Å². The number of amides is 1. The SMILES string of the molecule is COc1cc(F)cc([C@@H](CO)NC(=O)[C@@H](C)n2ccn3cc(-c4nc(N[C@H]5CC[C@@H](O)C5)ncc4Cl)cc3c2=O)c1. The van der Waals surface area contributed by atoms with Crippen LogP contribution >= 0.6 is 11.6 Å². The number of halogens is 2. The Kier molecular flexibility index (Phi) is 8.25. The van der Waals surface area contributed by atoms with Crippen molar-refractivity contribution in [2.24, 2.45) is 0 Å². The number of aliphatic hydroxyl groups is 2. The monoisotopic (exact) mass is 584 g/mol. The molecule has 0 spiro atoms. The summed E-state index contributed by atoms with van der Waals surface area (Å²) in [5.74, 6) is -0.502. The zero-order chi connectivity index (χ0) is 29.3. The van der Waals surface area contributed by atoms with E-state index < -0.39 is 36.0 Å². The maximum Gasteiger partial charge on any atom is 0.275 e. The first-order chi connectivity index (χ1) is 19.7. The quantitative estimate of drug-likeness (QED) is 0.235. The summed E-state index contributed by atoms with van der Waals surface area (Å²) >= 11 is 6.41. The van der Waals surface area contributed by atoms with Gasteiger partial charge in [-0.3, -0.25) is 9.59 Å². The number of nitrogens with one attached hydrogen (secondary N) is 2. The molecule has 5 rings (SSSR count). The van der Waals surface area contributed by atoms with E-state index in [1.165, 1.54) is 42.3 Å². The lowest BCUT2D eigenvalue weighted by molar-refractivity contribution is -0.125. The summed E-state index contributed by atoms with van der Waals surface area (Å²) in [6.07, 6.45) is 8.10. The summed E-state index contributed by atoms with van der Waals surface area (Å²) in [6, 6.07) is 3.74. The van der Waals surface area contributed by atoms with Crippen molar-refractivity contribution in [2.45, 2.75) is 50.4 Å². The lowest BCUT2D eigenvalue weighted by Gasteiger charge is -2.21. The minimum absolute atomic E-state index is 0.0559. The molecular formula is C28H30ClFN6O5. The van der Waals surface area contributed by atoms with Gasteiger partial charge in [-0.25, -0.2) is 14.4 Å². The highest BCUT2D eigenvalue weighted by Gasteiger charge is 2.25. The number of hydrogen-bond donors (Lipinski definition) is 4. The third-order valence-electron chi connectivity index (χ3n) is 7.27. The average Bonchev–Trinajstić information content (AvgIpc) is 3.58. The van der Waals surface area contributed by atoms with E-state index in [-0.39, 0.29) is 17.9 Å². The zero-order valence-corrected chi connectivity index (χ0v) is 23.2. The second kappa shape index (κ2) is 11.9. The van der Waals surface area contributed by atoms with Crippen molar-refractivity contribution >= 4 is 29.0 Å². The Morgan fingerprint density at radius 3 is 2.78 bits per heavy atom. The van der Waals surface area contributed by atoms with Crippen LogP contribution in [0.2, 0.25) is 5.02 Å². The van der Waals surface area contributed by atoms with E-state index in [2.05, 4.69) is 20.6 Å². The molecule has 216 valence electrons. The van der Waals surface area contributed by atoms with Gasteiger partial charge in [0, 0.05) is 36.3 Å². The van der Waals surface area contributed by atoms with Crippen LogP contribution in [0.5, 0.6) is 5.75 Å². The number of ether oxygens (including phenoxy) is 1. The van der Waals surface area contributed by atoms with Gasteiger partial charge in [-0.05, 0) is 49.9 Å². The number of aromatic nitrogens is 4. The molecular weight excluding hydrogens is 555 g/mol. The highest BCUT2D eigenvalue weighted by atomic mass is 35.5. The molecule has 1 amide bonds. The van der Waals surface area contributed by atoms with Crippen molar-refractivity contribution < 1.29 is 24.1 Å².